The minimum atomic E-state index is -0.503. The summed E-state index contributed by atoms with van der Waals surface area (Å²) in [6, 6.07) is 26.4. The lowest BCUT2D eigenvalue weighted by Gasteiger charge is -2.36. The Morgan fingerprint density at radius 2 is 1.55 bits per heavy atom. The Morgan fingerprint density at radius 3 is 2.21 bits per heavy atom. The Bertz CT molecular complexity index is 1880. The summed E-state index contributed by atoms with van der Waals surface area (Å²) >= 11 is 5.96. The molecule has 9 nitrogen and oxygen atoms in total. The highest BCUT2D eigenvalue weighted by Gasteiger charge is 2.26. The van der Waals surface area contributed by atoms with E-state index in [9.17, 15) is 19.7 Å². The normalized spacial score (nSPS) is 13.4. The number of aromatic nitrogens is 2. The molecule has 1 aromatic heterocycles. The van der Waals surface area contributed by atoms with Crippen molar-refractivity contribution in [3.8, 4) is 16.9 Å². The maximum Gasteiger partial charge on any atom is 0.295 e. The summed E-state index contributed by atoms with van der Waals surface area (Å²) < 4.78 is 1.14. The maximum absolute atomic E-state index is 13.7. The van der Waals surface area contributed by atoms with Crippen LogP contribution in [-0.2, 0) is 0 Å². The molecule has 0 atom stereocenters. The van der Waals surface area contributed by atoms with E-state index in [1.807, 2.05) is 48.2 Å². The molecule has 1 fully saturated rings. The van der Waals surface area contributed by atoms with Crippen LogP contribution in [0.3, 0.4) is 0 Å². The van der Waals surface area contributed by atoms with Crippen molar-refractivity contribution < 1.29 is 9.72 Å². The Balaban J connectivity index is 1.37. The van der Waals surface area contributed by atoms with Gasteiger partial charge >= 0.3 is 0 Å². The first-order valence-corrected chi connectivity index (χ1v) is 13.9. The second-order valence-electron chi connectivity index (χ2n) is 10.2. The fourth-order valence-electron chi connectivity index (χ4n) is 5.25. The van der Waals surface area contributed by atoms with Gasteiger partial charge in [0.15, 0.2) is 0 Å². The maximum atomic E-state index is 13.7. The van der Waals surface area contributed by atoms with Crippen molar-refractivity contribution in [3.05, 3.63) is 128 Å². The van der Waals surface area contributed by atoms with Gasteiger partial charge in [0, 0.05) is 59.5 Å². The van der Waals surface area contributed by atoms with E-state index in [1.54, 1.807) is 53.4 Å². The molecule has 0 aliphatic carbocycles. The molecule has 2 heterocycles. The van der Waals surface area contributed by atoms with E-state index in [0.29, 0.717) is 58.9 Å². The van der Waals surface area contributed by atoms with Gasteiger partial charge in [-0.2, -0.15) is 9.78 Å². The summed E-state index contributed by atoms with van der Waals surface area (Å²) in [5, 5.41) is 18.5. The number of halogens is 1. The molecule has 1 saturated heterocycles. The van der Waals surface area contributed by atoms with E-state index in [2.05, 4.69) is 0 Å². The van der Waals surface area contributed by atoms with Gasteiger partial charge in [0.05, 0.1) is 16.0 Å². The molecule has 0 unspecified atom stereocenters. The van der Waals surface area contributed by atoms with Gasteiger partial charge in [0.25, 0.3) is 17.2 Å². The molecule has 42 heavy (non-hydrogen) atoms. The first-order chi connectivity index (χ1) is 20.3. The van der Waals surface area contributed by atoms with Crippen LogP contribution in [0.5, 0.6) is 0 Å². The summed E-state index contributed by atoms with van der Waals surface area (Å²) in [6.07, 6.45) is 0. The number of piperazine rings is 1. The number of carbonyl (C=O) groups excluding carboxylic acids is 1. The Labute approximate surface area is 246 Å². The van der Waals surface area contributed by atoms with Gasteiger partial charge in [-0.3, -0.25) is 19.7 Å². The summed E-state index contributed by atoms with van der Waals surface area (Å²) in [5.74, 6) is -0.0775. The van der Waals surface area contributed by atoms with Crippen molar-refractivity contribution in [1.82, 2.24) is 14.7 Å². The van der Waals surface area contributed by atoms with E-state index in [-0.39, 0.29) is 17.3 Å². The fraction of sp³-hybridized carbons (Fsp3) is 0.156. The summed E-state index contributed by atoms with van der Waals surface area (Å²) in [7, 11) is 0. The molecule has 4 aromatic carbocycles. The zero-order valence-corrected chi connectivity index (χ0v) is 23.5. The number of hydrogen-bond donors (Lipinski definition) is 0. The highest BCUT2D eigenvalue weighted by molar-refractivity contribution is 6.30. The third-order valence-electron chi connectivity index (χ3n) is 7.54. The van der Waals surface area contributed by atoms with Crippen molar-refractivity contribution in [2.24, 2.45) is 0 Å². The van der Waals surface area contributed by atoms with E-state index in [0.717, 1.165) is 15.8 Å². The third kappa shape index (κ3) is 5.10. The first-order valence-electron chi connectivity index (χ1n) is 13.5. The number of nitro benzene ring substituents is 1. The number of rotatable bonds is 5. The van der Waals surface area contributed by atoms with Gasteiger partial charge in [-0.15, -0.1) is 0 Å². The standard InChI is InChI=1S/C32H26ClN5O4/c1-21-6-8-22(9-7-21)30-26-4-2-3-5-27(26)32(40)37(34-30)29-20-25(14-15-28(29)38(41)42)35-16-18-36(19-17-35)31(39)23-10-12-24(33)13-11-23/h2-15,20H,16-19H2,1H3. The Kier molecular flexibility index (Phi) is 7.18. The fourth-order valence-corrected chi connectivity index (χ4v) is 5.38. The van der Waals surface area contributed by atoms with Crippen LogP contribution in [0, 0.1) is 17.0 Å². The lowest BCUT2D eigenvalue weighted by Crippen LogP contribution is -2.48. The van der Waals surface area contributed by atoms with Crippen molar-refractivity contribution in [1.29, 1.82) is 0 Å². The second kappa shape index (κ2) is 11.1. The van der Waals surface area contributed by atoms with Crippen LogP contribution in [0.1, 0.15) is 15.9 Å². The molecular formula is C32H26ClN5O4. The monoisotopic (exact) mass is 579 g/mol. The van der Waals surface area contributed by atoms with E-state index >= 15 is 0 Å². The molecule has 5 aromatic rings. The van der Waals surface area contributed by atoms with Crippen LogP contribution in [0.25, 0.3) is 27.7 Å². The lowest BCUT2D eigenvalue weighted by atomic mass is 10.0. The van der Waals surface area contributed by atoms with Gasteiger partial charge < -0.3 is 9.80 Å². The topological polar surface area (TPSA) is 102 Å². The number of nitro groups is 1. The van der Waals surface area contributed by atoms with E-state index in [4.69, 9.17) is 16.7 Å². The molecule has 0 N–H and O–H groups in total. The van der Waals surface area contributed by atoms with Crippen LogP contribution in [-0.4, -0.2) is 51.7 Å². The largest absolute Gasteiger partial charge is 0.368 e. The average Bonchev–Trinajstić information content (AvgIpc) is 3.02. The molecule has 0 saturated carbocycles. The molecular weight excluding hydrogens is 554 g/mol. The zero-order valence-electron chi connectivity index (χ0n) is 22.7. The summed E-state index contributed by atoms with van der Waals surface area (Å²) in [5.41, 5.74) is 3.11. The smallest absolute Gasteiger partial charge is 0.295 e. The third-order valence-corrected chi connectivity index (χ3v) is 7.79. The Morgan fingerprint density at radius 1 is 0.881 bits per heavy atom. The molecule has 0 radical (unpaired) electrons. The number of carbonyl (C=O) groups is 1. The minimum absolute atomic E-state index is 0.0775. The van der Waals surface area contributed by atoms with Gasteiger partial charge in [-0.05, 0) is 49.4 Å². The number of aryl methyl sites for hydroxylation is 1. The van der Waals surface area contributed by atoms with Gasteiger partial charge in [0.2, 0.25) is 0 Å². The number of hydrogen-bond acceptors (Lipinski definition) is 6. The first kappa shape index (κ1) is 27.2. The van der Waals surface area contributed by atoms with E-state index in [1.165, 1.54) is 6.07 Å². The summed E-state index contributed by atoms with van der Waals surface area (Å²) in [4.78, 5) is 42.1. The van der Waals surface area contributed by atoms with Crippen molar-refractivity contribution >= 4 is 39.7 Å². The number of nitrogens with zero attached hydrogens (tertiary/aromatic N) is 5. The minimum Gasteiger partial charge on any atom is -0.368 e. The van der Waals surface area contributed by atoms with Crippen LogP contribution in [0.4, 0.5) is 11.4 Å². The molecule has 1 amide bonds. The number of amides is 1. The second-order valence-corrected chi connectivity index (χ2v) is 10.6. The highest BCUT2D eigenvalue weighted by Crippen LogP contribution is 2.31. The van der Waals surface area contributed by atoms with Crippen molar-refractivity contribution in [2.45, 2.75) is 6.92 Å². The van der Waals surface area contributed by atoms with Crippen molar-refractivity contribution in [2.75, 3.05) is 31.1 Å². The van der Waals surface area contributed by atoms with Gasteiger partial charge in [-0.1, -0.05) is 59.6 Å². The molecule has 6 rings (SSSR count). The number of benzene rings is 4. The number of fused-ring (bicyclic) bond motifs is 1. The molecule has 0 bridgehead atoms. The molecule has 210 valence electrons. The lowest BCUT2D eigenvalue weighted by molar-refractivity contribution is -0.384. The van der Waals surface area contributed by atoms with Crippen LogP contribution in [0.15, 0.2) is 95.8 Å². The van der Waals surface area contributed by atoms with Crippen LogP contribution >= 0.6 is 11.6 Å². The number of anilines is 1. The van der Waals surface area contributed by atoms with Crippen LogP contribution < -0.4 is 10.5 Å². The highest BCUT2D eigenvalue weighted by atomic mass is 35.5. The predicted octanol–water partition coefficient (Wildman–Crippen LogP) is 5.89. The quantitative estimate of drug-likeness (QED) is 0.190. The van der Waals surface area contributed by atoms with Gasteiger partial charge in [-0.25, -0.2) is 0 Å². The van der Waals surface area contributed by atoms with Gasteiger partial charge in [0.1, 0.15) is 5.69 Å². The van der Waals surface area contributed by atoms with Crippen LogP contribution in [0.2, 0.25) is 5.02 Å². The average molecular weight is 580 g/mol. The molecule has 1 aliphatic rings. The molecule has 0 spiro atoms. The molecule has 1 aliphatic heterocycles. The Hall–Kier alpha value is -5.02. The SMILES string of the molecule is Cc1ccc(-c2nn(-c3cc(N4CCN(C(=O)c5ccc(Cl)cc5)CC4)ccc3[N+](=O)[O-])c(=O)c3ccccc23)cc1. The predicted molar refractivity (Wildman–Crippen MR) is 164 cm³/mol. The van der Waals surface area contributed by atoms with E-state index < -0.39 is 10.5 Å². The molecule has 10 heteroatoms. The summed E-state index contributed by atoms with van der Waals surface area (Å²) in [6.45, 7) is 3.97. The van der Waals surface area contributed by atoms with Crippen molar-refractivity contribution in [3.63, 3.8) is 0 Å². The zero-order chi connectivity index (χ0) is 29.4.